The van der Waals surface area contributed by atoms with E-state index in [-0.39, 0.29) is 18.2 Å². The summed E-state index contributed by atoms with van der Waals surface area (Å²) in [5, 5.41) is 15.4. The molecular formula is C20H16N2O6S. The van der Waals surface area contributed by atoms with Crippen molar-refractivity contribution in [3.63, 3.8) is 0 Å². The fraction of sp³-hybridized carbons (Fsp3) is 0.150. The molecule has 0 aliphatic carbocycles. The van der Waals surface area contributed by atoms with Crippen LogP contribution in [0.3, 0.4) is 0 Å². The van der Waals surface area contributed by atoms with Crippen LogP contribution in [0, 0.1) is 10.1 Å². The zero-order valence-electron chi connectivity index (χ0n) is 15.1. The van der Waals surface area contributed by atoms with Crippen LogP contribution in [-0.4, -0.2) is 24.0 Å². The van der Waals surface area contributed by atoms with Crippen molar-refractivity contribution in [1.82, 2.24) is 0 Å². The van der Waals surface area contributed by atoms with Crippen LogP contribution in [0.5, 0.6) is 17.2 Å². The van der Waals surface area contributed by atoms with Crippen LogP contribution in [0.1, 0.15) is 15.2 Å². The Morgan fingerprint density at radius 2 is 1.86 bits per heavy atom. The SMILES string of the molecule is O=C(Nc1ccc2c(c1)OCCO2)c1cc(COc2ccc([N+](=O)[O-])cc2)cs1. The summed E-state index contributed by atoms with van der Waals surface area (Å²) < 4.78 is 16.6. The number of nitrogens with one attached hydrogen (secondary N) is 1. The number of anilines is 1. The Bertz CT molecular complexity index is 1050. The van der Waals surface area contributed by atoms with Crippen molar-refractivity contribution < 1.29 is 23.9 Å². The van der Waals surface area contributed by atoms with E-state index in [4.69, 9.17) is 14.2 Å². The van der Waals surface area contributed by atoms with Gasteiger partial charge in [0.2, 0.25) is 0 Å². The Morgan fingerprint density at radius 3 is 2.62 bits per heavy atom. The smallest absolute Gasteiger partial charge is 0.269 e. The molecule has 8 nitrogen and oxygen atoms in total. The molecule has 0 unspecified atom stereocenters. The average Bonchev–Trinajstić information content (AvgIpc) is 3.22. The first kappa shape index (κ1) is 18.8. The van der Waals surface area contributed by atoms with Crippen molar-refractivity contribution in [2.75, 3.05) is 18.5 Å². The largest absolute Gasteiger partial charge is 0.489 e. The Hall–Kier alpha value is -3.59. The van der Waals surface area contributed by atoms with Gasteiger partial charge in [-0.2, -0.15) is 0 Å². The molecule has 2 heterocycles. The summed E-state index contributed by atoms with van der Waals surface area (Å²) in [5.41, 5.74) is 1.46. The van der Waals surface area contributed by atoms with Gasteiger partial charge in [0.15, 0.2) is 11.5 Å². The summed E-state index contributed by atoms with van der Waals surface area (Å²) in [6.45, 7) is 1.25. The highest BCUT2D eigenvalue weighted by Crippen LogP contribution is 2.33. The second-order valence-corrected chi connectivity index (χ2v) is 7.08. The number of hydrogen-bond acceptors (Lipinski definition) is 7. The fourth-order valence-corrected chi connectivity index (χ4v) is 3.51. The van der Waals surface area contributed by atoms with Crippen LogP contribution < -0.4 is 19.5 Å². The topological polar surface area (TPSA) is 99.9 Å². The highest BCUT2D eigenvalue weighted by atomic mass is 32.1. The number of carbonyl (C=O) groups excluding carboxylic acids is 1. The van der Waals surface area contributed by atoms with E-state index in [1.807, 2.05) is 5.38 Å². The Balaban J connectivity index is 1.35. The van der Waals surface area contributed by atoms with E-state index in [0.717, 1.165) is 5.56 Å². The summed E-state index contributed by atoms with van der Waals surface area (Å²) in [6, 6.07) is 12.9. The first-order valence-corrected chi connectivity index (χ1v) is 9.62. The third-order valence-electron chi connectivity index (χ3n) is 4.13. The van der Waals surface area contributed by atoms with Crippen LogP contribution in [0.2, 0.25) is 0 Å². The van der Waals surface area contributed by atoms with E-state index in [1.165, 1.54) is 23.5 Å². The van der Waals surface area contributed by atoms with E-state index in [9.17, 15) is 14.9 Å². The van der Waals surface area contributed by atoms with Gasteiger partial charge in [-0.1, -0.05) is 0 Å². The number of hydrogen-bond donors (Lipinski definition) is 1. The lowest BCUT2D eigenvalue weighted by Crippen LogP contribution is -2.16. The van der Waals surface area contributed by atoms with E-state index >= 15 is 0 Å². The number of ether oxygens (including phenoxy) is 3. The molecule has 1 aromatic heterocycles. The summed E-state index contributed by atoms with van der Waals surface area (Å²) in [7, 11) is 0. The van der Waals surface area contributed by atoms with Crippen LogP contribution in [0.15, 0.2) is 53.9 Å². The number of benzene rings is 2. The van der Waals surface area contributed by atoms with E-state index in [0.29, 0.717) is 41.0 Å². The molecule has 0 saturated heterocycles. The minimum absolute atomic E-state index is 0.00554. The van der Waals surface area contributed by atoms with Crippen molar-refractivity contribution in [2.24, 2.45) is 0 Å². The second kappa shape index (κ2) is 8.19. The van der Waals surface area contributed by atoms with Crippen LogP contribution in [0.25, 0.3) is 0 Å². The first-order valence-electron chi connectivity index (χ1n) is 8.74. The normalized spacial score (nSPS) is 12.3. The molecule has 1 amide bonds. The second-order valence-electron chi connectivity index (χ2n) is 6.17. The molecule has 9 heteroatoms. The molecule has 0 radical (unpaired) electrons. The van der Waals surface area contributed by atoms with Crippen LogP contribution >= 0.6 is 11.3 Å². The number of nitro groups is 1. The average molecular weight is 412 g/mol. The summed E-state index contributed by atoms with van der Waals surface area (Å²) in [4.78, 5) is 23.2. The minimum Gasteiger partial charge on any atom is -0.489 e. The lowest BCUT2D eigenvalue weighted by atomic mass is 10.2. The number of amides is 1. The molecule has 0 saturated carbocycles. The van der Waals surface area contributed by atoms with Crippen molar-refractivity contribution in [3.05, 3.63) is 74.5 Å². The predicted octanol–water partition coefficient (Wildman–Crippen LogP) is 4.26. The molecule has 3 aromatic rings. The summed E-state index contributed by atoms with van der Waals surface area (Å²) >= 11 is 1.31. The number of nitrogens with zero attached hydrogens (tertiary/aromatic N) is 1. The molecule has 0 spiro atoms. The Labute approximate surface area is 169 Å². The number of fused-ring (bicyclic) bond motifs is 1. The van der Waals surface area contributed by atoms with E-state index in [1.54, 1.807) is 36.4 Å². The molecule has 4 rings (SSSR count). The highest BCUT2D eigenvalue weighted by Gasteiger charge is 2.15. The zero-order chi connectivity index (χ0) is 20.2. The van der Waals surface area contributed by atoms with Gasteiger partial charge in [-0.3, -0.25) is 14.9 Å². The molecule has 29 heavy (non-hydrogen) atoms. The van der Waals surface area contributed by atoms with Gasteiger partial charge in [0.1, 0.15) is 25.6 Å². The van der Waals surface area contributed by atoms with E-state index in [2.05, 4.69) is 5.32 Å². The number of carbonyl (C=O) groups is 1. The molecule has 148 valence electrons. The third-order valence-corrected chi connectivity index (χ3v) is 5.11. The van der Waals surface area contributed by atoms with Crippen molar-refractivity contribution in [2.45, 2.75) is 6.61 Å². The van der Waals surface area contributed by atoms with Gasteiger partial charge >= 0.3 is 0 Å². The monoisotopic (exact) mass is 412 g/mol. The molecular weight excluding hydrogens is 396 g/mol. The van der Waals surface area contributed by atoms with Crippen molar-refractivity contribution in [3.8, 4) is 17.2 Å². The van der Waals surface area contributed by atoms with E-state index < -0.39 is 4.92 Å². The molecule has 1 N–H and O–H groups in total. The highest BCUT2D eigenvalue weighted by molar-refractivity contribution is 7.12. The minimum atomic E-state index is -0.463. The van der Waals surface area contributed by atoms with Gasteiger partial charge in [0.25, 0.3) is 11.6 Å². The molecule has 1 aliphatic heterocycles. The van der Waals surface area contributed by atoms with Crippen molar-refractivity contribution in [1.29, 1.82) is 0 Å². The maximum absolute atomic E-state index is 12.5. The maximum Gasteiger partial charge on any atom is 0.269 e. The van der Waals surface area contributed by atoms with Gasteiger partial charge < -0.3 is 19.5 Å². The van der Waals surface area contributed by atoms with Crippen molar-refractivity contribution >= 4 is 28.6 Å². The lowest BCUT2D eigenvalue weighted by molar-refractivity contribution is -0.384. The Kier molecular flexibility index (Phi) is 5.30. The molecule has 1 aliphatic rings. The molecule has 0 atom stereocenters. The van der Waals surface area contributed by atoms with Crippen LogP contribution in [-0.2, 0) is 6.61 Å². The lowest BCUT2D eigenvalue weighted by Gasteiger charge is -2.18. The van der Waals surface area contributed by atoms with Gasteiger partial charge in [-0.25, -0.2) is 0 Å². The third kappa shape index (κ3) is 4.46. The van der Waals surface area contributed by atoms with Crippen LogP contribution in [0.4, 0.5) is 11.4 Å². The number of rotatable bonds is 6. The quantitative estimate of drug-likeness (QED) is 0.480. The molecule has 0 fully saturated rings. The molecule has 2 aromatic carbocycles. The maximum atomic E-state index is 12.5. The van der Waals surface area contributed by atoms with Gasteiger partial charge in [0.05, 0.1) is 9.80 Å². The van der Waals surface area contributed by atoms with Gasteiger partial charge in [-0.15, -0.1) is 11.3 Å². The number of thiophene rings is 1. The van der Waals surface area contributed by atoms with Gasteiger partial charge in [-0.05, 0) is 35.7 Å². The summed E-state index contributed by atoms with van der Waals surface area (Å²) in [5.74, 6) is 1.56. The fourth-order valence-electron chi connectivity index (χ4n) is 2.71. The van der Waals surface area contributed by atoms with Gasteiger partial charge in [0, 0.05) is 29.4 Å². The Morgan fingerprint density at radius 1 is 1.10 bits per heavy atom. The predicted molar refractivity (Wildman–Crippen MR) is 107 cm³/mol. The zero-order valence-corrected chi connectivity index (χ0v) is 15.9. The standard InChI is InChI=1S/C20H16N2O6S/c23-20(21-14-1-6-17-18(10-14)27-8-7-26-17)19-9-13(12-29-19)11-28-16-4-2-15(3-5-16)22(24)25/h1-6,9-10,12H,7-8,11H2,(H,21,23). The number of non-ortho nitro benzene ring substituents is 1. The summed E-state index contributed by atoms with van der Waals surface area (Å²) in [6.07, 6.45) is 0. The first-order chi connectivity index (χ1) is 14.1. The number of nitro benzene ring substituents is 1. The molecule has 0 bridgehead atoms.